The SMILES string of the molecule is CC(C)(c1ccc(O)cc1)c1cccc(-c2ccccc2)c1NC(=O)c1cccs1. The van der Waals surface area contributed by atoms with Crippen LogP contribution < -0.4 is 5.32 Å². The quantitative estimate of drug-likeness (QED) is 0.382. The number of thiophene rings is 1. The molecule has 0 unspecified atom stereocenters. The zero-order valence-corrected chi connectivity index (χ0v) is 17.7. The molecule has 0 bridgehead atoms. The number of phenolic OH excluding ortho intramolecular Hbond substituents is 1. The molecule has 3 aromatic carbocycles. The topological polar surface area (TPSA) is 49.3 Å². The van der Waals surface area contributed by atoms with E-state index in [0.717, 1.165) is 27.9 Å². The molecule has 0 aliphatic heterocycles. The highest BCUT2D eigenvalue weighted by atomic mass is 32.1. The minimum Gasteiger partial charge on any atom is -0.508 e. The van der Waals surface area contributed by atoms with Crippen molar-refractivity contribution in [3.63, 3.8) is 0 Å². The maximum Gasteiger partial charge on any atom is 0.265 e. The third-order valence-electron chi connectivity index (χ3n) is 5.40. The van der Waals surface area contributed by atoms with Crippen molar-refractivity contribution in [1.82, 2.24) is 0 Å². The number of aromatic hydroxyl groups is 1. The highest BCUT2D eigenvalue weighted by Gasteiger charge is 2.28. The molecule has 0 spiro atoms. The maximum atomic E-state index is 13.0. The summed E-state index contributed by atoms with van der Waals surface area (Å²) in [5, 5.41) is 14.8. The van der Waals surface area contributed by atoms with Crippen LogP contribution in [0.15, 0.2) is 90.3 Å². The lowest BCUT2D eigenvalue weighted by Gasteiger charge is -2.30. The Balaban J connectivity index is 1.87. The standard InChI is InChI=1S/C26H23NO2S/c1-26(2,19-13-15-20(28)16-14-19)22-11-6-10-21(18-8-4-3-5-9-18)24(22)27-25(29)23-12-7-17-30-23/h3-17,28H,1-2H3,(H,27,29). The molecule has 0 fully saturated rings. The van der Waals surface area contributed by atoms with Gasteiger partial charge in [-0.3, -0.25) is 4.79 Å². The molecule has 0 saturated heterocycles. The second kappa shape index (κ2) is 8.17. The average Bonchev–Trinajstić information content (AvgIpc) is 3.30. The van der Waals surface area contributed by atoms with E-state index in [0.29, 0.717) is 4.88 Å². The number of hydrogen-bond acceptors (Lipinski definition) is 3. The Kier molecular flexibility index (Phi) is 5.42. The van der Waals surface area contributed by atoms with Gasteiger partial charge in [0.1, 0.15) is 5.75 Å². The van der Waals surface area contributed by atoms with Gasteiger partial charge in [0.25, 0.3) is 5.91 Å². The molecular formula is C26H23NO2S. The first-order chi connectivity index (χ1) is 14.5. The van der Waals surface area contributed by atoms with Gasteiger partial charge in [-0.15, -0.1) is 11.3 Å². The van der Waals surface area contributed by atoms with E-state index in [1.165, 1.54) is 11.3 Å². The monoisotopic (exact) mass is 413 g/mol. The molecule has 3 nitrogen and oxygen atoms in total. The number of hydrogen-bond donors (Lipinski definition) is 2. The lowest BCUT2D eigenvalue weighted by Crippen LogP contribution is -2.23. The van der Waals surface area contributed by atoms with Crippen molar-refractivity contribution in [3.05, 3.63) is 106 Å². The van der Waals surface area contributed by atoms with Gasteiger partial charge in [-0.25, -0.2) is 0 Å². The average molecular weight is 414 g/mol. The van der Waals surface area contributed by atoms with Crippen molar-refractivity contribution < 1.29 is 9.90 Å². The molecule has 0 radical (unpaired) electrons. The Hall–Kier alpha value is -3.37. The summed E-state index contributed by atoms with van der Waals surface area (Å²) in [5.74, 6) is 0.120. The van der Waals surface area contributed by atoms with E-state index >= 15 is 0 Å². The van der Waals surface area contributed by atoms with Gasteiger partial charge < -0.3 is 10.4 Å². The van der Waals surface area contributed by atoms with E-state index in [-0.39, 0.29) is 11.7 Å². The maximum absolute atomic E-state index is 13.0. The smallest absolute Gasteiger partial charge is 0.265 e. The van der Waals surface area contributed by atoms with Crippen molar-refractivity contribution in [2.45, 2.75) is 19.3 Å². The summed E-state index contributed by atoms with van der Waals surface area (Å²) in [7, 11) is 0. The van der Waals surface area contributed by atoms with Gasteiger partial charge in [0.15, 0.2) is 0 Å². The number of rotatable bonds is 5. The van der Waals surface area contributed by atoms with E-state index in [2.05, 4.69) is 25.2 Å². The van der Waals surface area contributed by atoms with Crippen LogP contribution in [-0.4, -0.2) is 11.0 Å². The first-order valence-electron chi connectivity index (χ1n) is 9.80. The summed E-state index contributed by atoms with van der Waals surface area (Å²) in [6, 6.07) is 27.2. The van der Waals surface area contributed by atoms with Crippen LogP contribution in [0.25, 0.3) is 11.1 Å². The van der Waals surface area contributed by atoms with Gasteiger partial charge in [0.2, 0.25) is 0 Å². The van der Waals surface area contributed by atoms with E-state index in [9.17, 15) is 9.90 Å². The molecule has 0 aliphatic rings. The Morgan fingerprint density at radius 3 is 2.27 bits per heavy atom. The molecule has 1 heterocycles. The number of amides is 1. The third kappa shape index (κ3) is 3.87. The van der Waals surface area contributed by atoms with Gasteiger partial charge in [0.05, 0.1) is 10.6 Å². The van der Waals surface area contributed by atoms with E-state index in [4.69, 9.17) is 0 Å². The second-order valence-corrected chi connectivity index (χ2v) is 8.65. The van der Waals surface area contributed by atoms with Gasteiger partial charge in [-0.05, 0) is 40.3 Å². The van der Waals surface area contributed by atoms with Gasteiger partial charge in [-0.1, -0.05) is 80.6 Å². The van der Waals surface area contributed by atoms with Crippen LogP contribution in [0.1, 0.15) is 34.6 Å². The predicted octanol–water partition coefficient (Wildman–Crippen LogP) is 6.70. The van der Waals surface area contributed by atoms with E-state index < -0.39 is 5.41 Å². The molecule has 0 saturated carbocycles. The number of nitrogens with one attached hydrogen (secondary N) is 1. The normalized spacial score (nSPS) is 11.3. The highest BCUT2D eigenvalue weighted by molar-refractivity contribution is 7.12. The van der Waals surface area contributed by atoms with Crippen LogP contribution in [0.5, 0.6) is 5.75 Å². The molecule has 1 amide bonds. The molecule has 150 valence electrons. The minimum atomic E-state index is -0.392. The molecule has 1 aromatic heterocycles. The van der Waals surface area contributed by atoms with E-state index in [1.807, 2.05) is 72.1 Å². The Morgan fingerprint density at radius 1 is 0.867 bits per heavy atom. The third-order valence-corrected chi connectivity index (χ3v) is 6.26. The van der Waals surface area contributed by atoms with Gasteiger partial charge in [0, 0.05) is 11.0 Å². The fraction of sp³-hybridized carbons (Fsp3) is 0.115. The summed E-state index contributed by atoms with van der Waals surface area (Å²) in [6.07, 6.45) is 0. The van der Waals surface area contributed by atoms with Crippen molar-refractivity contribution in [3.8, 4) is 16.9 Å². The molecule has 4 heteroatoms. The fourth-order valence-corrected chi connectivity index (χ4v) is 4.30. The molecule has 0 aliphatic carbocycles. The Morgan fingerprint density at radius 2 is 1.60 bits per heavy atom. The van der Waals surface area contributed by atoms with Crippen LogP contribution in [0.4, 0.5) is 5.69 Å². The van der Waals surface area contributed by atoms with Crippen LogP contribution in [0.2, 0.25) is 0 Å². The number of phenols is 1. The van der Waals surface area contributed by atoms with Crippen molar-refractivity contribution in [1.29, 1.82) is 0 Å². The number of para-hydroxylation sites is 1. The summed E-state index contributed by atoms with van der Waals surface area (Å²) < 4.78 is 0. The van der Waals surface area contributed by atoms with Crippen LogP contribution in [0, 0.1) is 0 Å². The summed E-state index contributed by atoms with van der Waals surface area (Å²) >= 11 is 1.42. The second-order valence-electron chi connectivity index (χ2n) is 7.70. The van der Waals surface area contributed by atoms with Gasteiger partial charge >= 0.3 is 0 Å². The molecule has 0 atom stereocenters. The van der Waals surface area contributed by atoms with Crippen molar-refractivity contribution in [2.75, 3.05) is 5.32 Å². The van der Waals surface area contributed by atoms with Gasteiger partial charge in [-0.2, -0.15) is 0 Å². The van der Waals surface area contributed by atoms with E-state index in [1.54, 1.807) is 12.1 Å². The van der Waals surface area contributed by atoms with Crippen LogP contribution in [-0.2, 0) is 5.41 Å². The number of anilines is 1. The summed E-state index contributed by atoms with van der Waals surface area (Å²) in [5.41, 5.74) is 4.50. The minimum absolute atomic E-state index is 0.115. The van der Waals surface area contributed by atoms with Crippen molar-refractivity contribution >= 4 is 22.9 Å². The molecule has 30 heavy (non-hydrogen) atoms. The summed E-state index contributed by atoms with van der Waals surface area (Å²) in [6.45, 7) is 4.26. The fourth-order valence-electron chi connectivity index (χ4n) is 3.68. The Labute approximate surface area is 180 Å². The zero-order valence-electron chi connectivity index (χ0n) is 16.9. The summed E-state index contributed by atoms with van der Waals surface area (Å²) in [4.78, 5) is 13.7. The number of benzene rings is 3. The lowest BCUT2D eigenvalue weighted by molar-refractivity contribution is 0.103. The van der Waals surface area contributed by atoms with Crippen LogP contribution >= 0.6 is 11.3 Å². The molecule has 2 N–H and O–H groups in total. The molecular weight excluding hydrogens is 390 g/mol. The molecule has 4 aromatic rings. The zero-order chi connectivity index (χ0) is 21.1. The van der Waals surface area contributed by atoms with Crippen molar-refractivity contribution in [2.24, 2.45) is 0 Å². The molecule has 4 rings (SSSR count). The number of carbonyl (C=O) groups is 1. The highest BCUT2D eigenvalue weighted by Crippen LogP contribution is 2.41. The first kappa shape index (κ1) is 19.9. The first-order valence-corrected chi connectivity index (χ1v) is 10.7. The predicted molar refractivity (Wildman–Crippen MR) is 124 cm³/mol. The lowest BCUT2D eigenvalue weighted by atomic mass is 9.76. The van der Waals surface area contributed by atoms with Crippen LogP contribution in [0.3, 0.4) is 0 Å². The Bertz CT molecular complexity index is 1150. The number of carbonyl (C=O) groups excluding carboxylic acids is 1. The largest absolute Gasteiger partial charge is 0.508 e.